The summed E-state index contributed by atoms with van der Waals surface area (Å²) in [5.74, 6) is -0.338. The summed E-state index contributed by atoms with van der Waals surface area (Å²) in [7, 11) is 0. The number of nitrogens with one attached hydrogen (secondary N) is 1. The highest BCUT2D eigenvalue weighted by Gasteiger charge is 2.20. The average molecular weight is 618 g/mol. The molecule has 0 bridgehead atoms. The molecule has 0 aliphatic carbocycles. The van der Waals surface area contributed by atoms with Crippen LogP contribution in [0, 0.1) is 0 Å². The Morgan fingerprint density at radius 1 is 0.591 bits per heavy atom. The molecule has 0 saturated heterocycles. The van der Waals surface area contributed by atoms with Crippen LogP contribution >= 0.6 is 0 Å². The number of unbranched alkanes of at least 4 members (excludes halogenated alkanes) is 17. The largest absolute Gasteiger partial charge is 0.394 e. The highest BCUT2D eigenvalue weighted by molar-refractivity contribution is 5.76. The van der Waals surface area contributed by atoms with Crippen molar-refractivity contribution in [1.82, 2.24) is 5.32 Å². The molecule has 0 spiro atoms. The van der Waals surface area contributed by atoms with Gasteiger partial charge in [0.15, 0.2) is 0 Å². The fraction of sp³-hybridized carbons (Fsp3) is 0.769. The first kappa shape index (κ1) is 42.3. The number of aliphatic hydroxyl groups is 3. The lowest BCUT2D eigenvalue weighted by atomic mass is 10.0. The summed E-state index contributed by atoms with van der Waals surface area (Å²) in [5.41, 5.74) is 0. The number of allylic oxidation sites excluding steroid dienone is 7. The zero-order chi connectivity index (χ0) is 32.4. The van der Waals surface area contributed by atoms with Crippen molar-refractivity contribution < 1.29 is 20.1 Å². The molecule has 5 heteroatoms. The summed E-state index contributed by atoms with van der Waals surface area (Å²) in [6.45, 7) is 4.14. The predicted molar refractivity (Wildman–Crippen MR) is 190 cm³/mol. The number of aliphatic hydroxyl groups excluding tert-OH is 3. The van der Waals surface area contributed by atoms with Crippen molar-refractivity contribution >= 4 is 5.91 Å². The van der Waals surface area contributed by atoms with Gasteiger partial charge in [-0.3, -0.25) is 4.79 Å². The summed E-state index contributed by atoms with van der Waals surface area (Å²) >= 11 is 0. The Morgan fingerprint density at radius 2 is 1.05 bits per heavy atom. The zero-order valence-corrected chi connectivity index (χ0v) is 28.8. The van der Waals surface area contributed by atoms with Crippen LogP contribution in [0.3, 0.4) is 0 Å². The molecule has 0 aromatic heterocycles. The van der Waals surface area contributed by atoms with E-state index in [-0.39, 0.29) is 18.9 Å². The van der Waals surface area contributed by atoms with Crippen molar-refractivity contribution in [2.75, 3.05) is 6.61 Å². The molecule has 5 nitrogen and oxygen atoms in total. The van der Waals surface area contributed by atoms with E-state index in [1.165, 1.54) is 89.9 Å². The third kappa shape index (κ3) is 30.3. The number of hydrogen-bond donors (Lipinski definition) is 4. The molecule has 0 aliphatic heterocycles. The Bertz CT molecular complexity index is 730. The SMILES string of the molecule is CCCCC/C=C\C/C=C\CCCCCCCC(O)CC(=O)NC(CO)C(O)/C=C/CC/C=C/CCCCCCCCCC. The number of amides is 1. The third-order valence-electron chi connectivity index (χ3n) is 8.09. The van der Waals surface area contributed by atoms with Gasteiger partial charge in [-0.25, -0.2) is 0 Å². The summed E-state index contributed by atoms with van der Waals surface area (Å²) < 4.78 is 0. The second-order valence-electron chi connectivity index (χ2n) is 12.5. The smallest absolute Gasteiger partial charge is 0.222 e. The highest BCUT2D eigenvalue weighted by atomic mass is 16.3. The molecular formula is C39H71NO4. The second-order valence-corrected chi connectivity index (χ2v) is 12.5. The minimum Gasteiger partial charge on any atom is -0.394 e. The summed E-state index contributed by atoms with van der Waals surface area (Å²) in [6, 6.07) is -0.765. The fourth-order valence-electron chi connectivity index (χ4n) is 5.21. The maximum absolute atomic E-state index is 12.4. The quantitative estimate of drug-likeness (QED) is 0.0447. The average Bonchev–Trinajstić information content (AvgIpc) is 3.01. The van der Waals surface area contributed by atoms with Gasteiger partial charge in [0, 0.05) is 0 Å². The van der Waals surface area contributed by atoms with Gasteiger partial charge in [-0.05, 0) is 64.2 Å². The van der Waals surface area contributed by atoms with Crippen molar-refractivity contribution in [2.45, 2.75) is 186 Å². The molecule has 0 aliphatic rings. The van der Waals surface area contributed by atoms with E-state index in [2.05, 4.69) is 55.6 Å². The fourth-order valence-corrected chi connectivity index (χ4v) is 5.21. The minimum atomic E-state index is -0.954. The minimum absolute atomic E-state index is 0.00552. The summed E-state index contributed by atoms with van der Waals surface area (Å²) in [4.78, 5) is 12.4. The van der Waals surface area contributed by atoms with Crippen LogP contribution in [0.5, 0.6) is 0 Å². The van der Waals surface area contributed by atoms with Gasteiger partial charge in [0.1, 0.15) is 0 Å². The van der Waals surface area contributed by atoms with Crippen molar-refractivity contribution in [3.8, 4) is 0 Å². The Hall–Kier alpha value is -1.69. The monoisotopic (exact) mass is 618 g/mol. The maximum Gasteiger partial charge on any atom is 0.222 e. The Balaban J connectivity index is 3.83. The van der Waals surface area contributed by atoms with Gasteiger partial charge in [-0.1, -0.05) is 146 Å². The normalized spacial score (nSPS) is 14.4. The lowest BCUT2D eigenvalue weighted by molar-refractivity contribution is -0.124. The first-order chi connectivity index (χ1) is 21.5. The van der Waals surface area contributed by atoms with E-state index in [4.69, 9.17) is 0 Å². The van der Waals surface area contributed by atoms with Gasteiger partial charge in [0.2, 0.25) is 5.91 Å². The molecule has 3 atom stereocenters. The van der Waals surface area contributed by atoms with Gasteiger partial charge in [-0.2, -0.15) is 0 Å². The molecule has 0 saturated carbocycles. The van der Waals surface area contributed by atoms with Crippen LogP contribution in [0.4, 0.5) is 0 Å². The van der Waals surface area contributed by atoms with Gasteiger partial charge < -0.3 is 20.6 Å². The summed E-state index contributed by atoms with van der Waals surface area (Å²) in [5, 5.41) is 33.0. The third-order valence-corrected chi connectivity index (χ3v) is 8.09. The van der Waals surface area contributed by atoms with Crippen LogP contribution in [-0.4, -0.2) is 46.1 Å². The Kier molecular flexibility index (Phi) is 32.9. The van der Waals surface area contributed by atoms with Crippen LogP contribution in [-0.2, 0) is 4.79 Å². The van der Waals surface area contributed by atoms with Crippen LogP contribution in [0.1, 0.15) is 168 Å². The molecule has 0 radical (unpaired) electrons. The maximum atomic E-state index is 12.4. The number of rotatable bonds is 32. The zero-order valence-electron chi connectivity index (χ0n) is 28.8. The van der Waals surface area contributed by atoms with E-state index in [0.717, 1.165) is 51.4 Å². The van der Waals surface area contributed by atoms with E-state index in [0.29, 0.717) is 6.42 Å². The van der Waals surface area contributed by atoms with E-state index >= 15 is 0 Å². The Labute approximate surface area is 272 Å². The molecule has 0 rings (SSSR count). The lowest BCUT2D eigenvalue weighted by Gasteiger charge is -2.20. The first-order valence-electron chi connectivity index (χ1n) is 18.4. The molecule has 4 N–H and O–H groups in total. The van der Waals surface area contributed by atoms with Crippen molar-refractivity contribution in [1.29, 1.82) is 0 Å². The van der Waals surface area contributed by atoms with E-state index in [1.54, 1.807) is 6.08 Å². The summed E-state index contributed by atoms with van der Waals surface area (Å²) in [6.07, 6.45) is 42.3. The molecule has 0 aromatic carbocycles. The molecule has 1 amide bonds. The highest BCUT2D eigenvalue weighted by Crippen LogP contribution is 2.12. The second kappa shape index (κ2) is 34.2. The van der Waals surface area contributed by atoms with Crippen molar-refractivity contribution in [3.63, 3.8) is 0 Å². The van der Waals surface area contributed by atoms with Gasteiger partial charge in [0.05, 0.1) is 31.3 Å². The van der Waals surface area contributed by atoms with Crippen LogP contribution in [0.2, 0.25) is 0 Å². The van der Waals surface area contributed by atoms with E-state index in [9.17, 15) is 20.1 Å². The number of carbonyl (C=O) groups is 1. The van der Waals surface area contributed by atoms with Gasteiger partial charge in [-0.15, -0.1) is 0 Å². The Morgan fingerprint density at radius 3 is 1.64 bits per heavy atom. The van der Waals surface area contributed by atoms with Crippen molar-refractivity contribution in [2.24, 2.45) is 0 Å². The number of carbonyl (C=O) groups excluding carboxylic acids is 1. The van der Waals surface area contributed by atoms with Gasteiger partial charge >= 0.3 is 0 Å². The standard InChI is InChI=1S/C39H71NO4/c1-3-5-7-9-11-13-15-17-19-20-22-24-26-28-30-32-36(42)34-39(44)40-37(35-41)38(43)33-31-29-27-25-23-21-18-16-14-12-10-8-6-4-2/h11,13,17,19,23,25,31,33,36-38,41-43H,3-10,12,14-16,18,20-22,24,26-30,32,34-35H2,1-2H3,(H,40,44)/b13-11-,19-17-,25-23+,33-31+. The molecular weight excluding hydrogens is 546 g/mol. The van der Waals surface area contributed by atoms with Crippen LogP contribution < -0.4 is 5.32 Å². The number of hydrogen-bond acceptors (Lipinski definition) is 4. The predicted octanol–water partition coefficient (Wildman–Crippen LogP) is 9.81. The van der Waals surface area contributed by atoms with Crippen LogP contribution in [0.25, 0.3) is 0 Å². The molecule has 0 heterocycles. The van der Waals surface area contributed by atoms with Crippen LogP contribution in [0.15, 0.2) is 48.6 Å². The first-order valence-corrected chi connectivity index (χ1v) is 18.4. The van der Waals surface area contributed by atoms with E-state index in [1.807, 2.05) is 6.08 Å². The van der Waals surface area contributed by atoms with Crippen molar-refractivity contribution in [3.05, 3.63) is 48.6 Å². The molecule has 0 aromatic rings. The lowest BCUT2D eigenvalue weighted by Crippen LogP contribution is -2.45. The topological polar surface area (TPSA) is 89.8 Å². The molecule has 256 valence electrons. The van der Waals surface area contributed by atoms with E-state index < -0.39 is 18.2 Å². The van der Waals surface area contributed by atoms with Gasteiger partial charge in [0.25, 0.3) is 0 Å². The molecule has 3 unspecified atom stereocenters. The molecule has 44 heavy (non-hydrogen) atoms. The molecule has 0 fully saturated rings.